The Morgan fingerprint density at radius 1 is 1.46 bits per heavy atom. The fraction of sp³-hybridized carbons (Fsp3) is 0.545. The summed E-state index contributed by atoms with van der Waals surface area (Å²) in [4.78, 5) is 4.45. The van der Waals surface area contributed by atoms with Crippen molar-refractivity contribution in [1.29, 1.82) is 0 Å². The second-order valence-corrected chi connectivity index (χ2v) is 3.91. The average molecular weight is 176 g/mol. The van der Waals surface area contributed by atoms with E-state index in [1.807, 2.05) is 6.20 Å². The van der Waals surface area contributed by atoms with Gasteiger partial charge in [0.1, 0.15) is 0 Å². The maximum Gasteiger partial charge on any atom is 0.0481 e. The van der Waals surface area contributed by atoms with Gasteiger partial charge in [-0.1, -0.05) is 13.8 Å². The minimum Gasteiger partial charge on any atom is -0.385 e. The molecule has 0 bridgehead atoms. The number of fused-ring (bicyclic) bond motifs is 1. The van der Waals surface area contributed by atoms with Crippen LogP contribution < -0.4 is 5.32 Å². The van der Waals surface area contributed by atoms with Gasteiger partial charge >= 0.3 is 0 Å². The van der Waals surface area contributed by atoms with Crippen molar-refractivity contribution in [1.82, 2.24) is 4.98 Å². The van der Waals surface area contributed by atoms with Crippen LogP contribution in [0.5, 0.6) is 0 Å². The molecule has 2 rings (SSSR count). The lowest BCUT2D eigenvalue weighted by Crippen LogP contribution is -2.14. The van der Waals surface area contributed by atoms with Gasteiger partial charge in [0.15, 0.2) is 0 Å². The number of nitrogens with zero attached hydrogens (tertiary/aromatic N) is 1. The Morgan fingerprint density at radius 3 is 3.08 bits per heavy atom. The first-order chi connectivity index (χ1) is 6.29. The quantitative estimate of drug-likeness (QED) is 0.711. The van der Waals surface area contributed by atoms with Gasteiger partial charge in [-0.05, 0) is 30.4 Å². The van der Waals surface area contributed by atoms with E-state index in [0.717, 1.165) is 6.54 Å². The highest BCUT2D eigenvalue weighted by Gasteiger charge is 2.14. The van der Waals surface area contributed by atoms with E-state index in [0.29, 0.717) is 5.92 Å². The smallest absolute Gasteiger partial charge is 0.0481 e. The Balaban J connectivity index is 2.46. The van der Waals surface area contributed by atoms with E-state index >= 15 is 0 Å². The molecule has 0 saturated carbocycles. The number of anilines is 1. The lowest BCUT2D eigenvalue weighted by atomic mass is 9.96. The molecule has 1 N–H and O–H groups in total. The first kappa shape index (κ1) is 8.54. The average Bonchev–Trinajstić information content (AvgIpc) is 2.17. The van der Waals surface area contributed by atoms with E-state index < -0.39 is 0 Å². The summed E-state index contributed by atoms with van der Waals surface area (Å²) in [6.07, 6.45) is 4.33. The molecule has 70 valence electrons. The Bertz CT molecular complexity index is 305. The molecule has 0 unspecified atom stereocenters. The van der Waals surface area contributed by atoms with Crippen LogP contribution in [0.4, 0.5) is 5.69 Å². The third-order valence-corrected chi connectivity index (χ3v) is 2.56. The van der Waals surface area contributed by atoms with Gasteiger partial charge in [0, 0.05) is 24.1 Å². The topological polar surface area (TPSA) is 24.9 Å². The van der Waals surface area contributed by atoms with Crippen molar-refractivity contribution < 1.29 is 0 Å². The molecule has 0 spiro atoms. The highest BCUT2D eigenvalue weighted by atomic mass is 14.9. The third-order valence-electron chi connectivity index (χ3n) is 2.56. The molecular formula is C11H16N2. The zero-order valence-electron chi connectivity index (χ0n) is 8.30. The predicted octanol–water partition coefficient (Wildman–Crippen LogP) is 2.56. The molecule has 0 saturated heterocycles. The molecular weight excluding hydrogens is 160 g/mol. The van der Waals surface area contributed by atoms with E-state index in [1.165, 1.54) is 29.8 Å². The first-order valence-corrected chi connectivity index (χ1v) is 5.00. The van der Waals surface area contributed by atoms with E-state index in [9.17, 15) is 0 Å². The van der Waals surface area contributed by atoms with Crippen molar-refractivity contribution >= 4 is 5.69 Å². The van der Waals surface area contributed by atoms with Crippen LogP contribution in [0.2, 0.25) is 0 Å². The molecule has 0 radical (unpaired) electrons. The molecule has 1 aromatic heterocycles. The van der Waals surface area contributed by atoms with Gasteiger partial charge in [0.05, 0.1) is 0 Å². The number of pyridine rings is 1. The summed E-state index contributed by atoms with van der Waals surface area (Å²) in [6.45, 7) is 5.52. The van der Waals surface area contributed by atoms with Gasteiger partial charge in [-0.3, -0.25) is 4.98 Å². The first-order valence-electron chi connectivity index (χ1n) is 5.00. The molecule has 1 aromatic rings. The van der Waals surface area contributed by atoms with Crippen LogP contribution in [-0.4, -0.2) is 11.5 Å². The normalized spacial score (nSPS) is 15.3. The van der Waals surface area contributed by atoms with Gasteiger partial charge in [0.2, 0.25) is 0 Å². The molecule has 0 fully saturated rings. The molecule has 0 atom stereocenters. The van der Waals surface area contributed by atoms with Crippen molar-refractivity contribution in [3.63, 3.8) is 0 Å². The summed E-state index contributed by atoms with van der Waals surface area (Å²) in [7, 11) is 0. The zero-order chi connectivity index (χ0) is 9.26. The summed E-state index contributed by atoms with van der Waals surface area (Å²) in [5.41, 5.74) is 4.00. The lowest BCUT2D eigenvalue weighted by molar-refractivity contribution is 0.755. The molecule has 2 nitrogen and oxygen atoms in total. The molecule has 1 aliphatic heterocycles. The van der Waals surface area contributed by atoms with Gasteiger partial charge in [0.25, 0.3) is 0 Å². The highest BCUT2D eigenvalue weighted by Crippen LogP contribution is 2.27. The Hall–Kier alpha value is -1.05. The van der Waals surface area contributed by atoms with Gasteiger partial charge in [-0.15, -0.1) is 0 Å². The van der Waals surface area contributed by atoms with Crippen LogP contribution in [0.25, 0.3) is 0 Å². The molecule has 2 heteroatoms. The van der Waals surface area contributed by atoms with Crippen LogP contribution >= 0.6 is 0 Å². The van der Waals surface area contributed by atoms with E-state index in [4.69, 9.17) is 0 Å². The summed E-state index contributed by atoms with van der Waals surface area (Å²) < 4.78 is 0. The fourth-order valence-corrected chi connectivity index (χ4v) is 1.92. The Kier molecular flexibility index (Phi) is 2.21. The summed E-state index contributed by atoms with van der Waals surface area (Å²) in [5.74, 6) is 0.537. The zero-order valence-corrected chi connectivity index (χ0v) is 8.30. The minimum atomic E-state index is 0.537. The largest absolute Gasteiger partial charge is 0.385 e. The van der Waals surface area contributed by atoms with Gasteiger partial charge in [-0.2, -0.15) is 0 Å². The number of hydrogen-bond donors (Lipinski definition) is 1. The molecule has 0 aromatic carbocycles. The number of nitrogens with one attached hydrogen (secondary N) is 1. The molecule has 1 aliphatic rings. The minimum absolute atomic E-state index is 0.537. The number of aromatic nitrogens is 1. The second kappa shape index (κ2) is 3.36. The van der Waals surface area contributed by atoms with Crippen LogP contribution in [0, 0.1) is 0 Å². The summed E-state index contributed by atoms with van der Waals surface area (Å²) >= 11 is 0. The predicted molar refractivity (Wildman–Crippen MR) is 55.1 cm³/mol. The Labute approximate surface area is 79.4 Å². The number of hydrogen-bond acceptors (Lipinski definition) is 2. The maximum absolute atomic E-state index is 4.45. The second-order valence-electron chi connectivity index (χ2n) is 3.91. The van der Waals surface area contributed by atoms with Gasteiger partial charge in [-0.25, -0.2) is 0 Å². The highest BCUT2D eigenvalue weighted by molar-refractivity contribution is 5.54. The fourth-order valence-electron chi connectivity index (χ4n) is 1.92. The van der Waals surface area contributed by atoms with Crippen molar-refractivity contribution in [2.24, 2.45) is 0 Å². The van der Waals surface area contributed by atoms with Crippen molar-refractivity contribution in [2.45, 2.75) is 32.6 Å². The maximum atomic E-state index is 4.45. The van der Waals surface area contributed by atoms with E-state index in [1.54, 1.807) is 0 Å². The van der Waals surface area contributed by atoms with Crippen molar-refractivity contribution in [2.75, 3.05) is 11.9 Å². The SMILES string of the molecule is CC(C)c1nccc2c1CCCN2. The molecule has 0 aliphatic carbocycles. The standard InChI is InChI=1S/C11H16N2/c1-8(2)11-9-4-3-6-12-10(9)5-7-13-11/h5,7-8,12H,3-4,6H2,1-2H3. The summed E-state index contributed by atoms with van der Waals surface area (Å²) in [6, 6.07) is 2.08. The number of rotatable bonds is 1. The van der Waals surface area contributed by atoms with E-state index in [2.05, 4.69) is 30.2 Å². The Morgan fingerprint density at radius 2 is 2.31 bits per heavy atom. The molecule has 0 amide bonds. The van der Waals surface area contributed by atoms with Crippen molar-refractivity contribution in [3.8, 4) is 0 Å². The third kappa shape index (κ3) is 1.53. The van der Waals surface area contributed by atoms with Crippen LogP contribution in [0.1, 0.15) is 37.4 Å². The van der Waals surface area contributed by atoms with Crippen LogP contribution in [-0.2, 0) is 6.42 Å². The van der Waals surface area contributed by atoms with Crippen LogP contribution in [0.15, 0.2) is 12.3 Å². The molecule has 13 heavy (non-hydrogen) atoms. The lowest BCUT2D eigenvalue weighted by Gasteiger charge is -2.21. The summed E-state index contributed by atoms with van der Waals surface area (Å²) in [5, 5.41) is 3.42. The molecule has 2 heterocycles. The van der Waals surface area contributed by atoms with Gasteiger partial charge < -0.3 is 5.32 Å². The van der Waals surface area contributed by atoms with E-state index in [-0.39, 0.29) is 0 Å². The van der Waals surface area contributed by atoms with Crippen molar-refractivity contribution in [3.05, 3.63) is 23.5 Å². The van der Waals surface area contributed by atoms with Crippen LogP contribution in [0.3, 0.4) is 0 Å². The monoisotopic (exact) mass is 176 g/mol.